The highest BCUT2D eigenvalue weighted by Gasteiger charge is 2.62. The molecule has 0 saturated carbocycles. The van der Waals surface area contributed by atoms with Crippen LogP contribution in [-0.4, -0.2) is 111 Å². The van der Waals surface area contributed by atoms with Gasteiger partial charge in [-0.3, -0.25) is 23.6 Å². The van der Waals surface area contributed by atoms with Gasteiger partial charge in [-0.25, -0.2) is 4.79 Å². The van der Waals surface area contributed by atoms with Gasteiger partial charge in [0.05, 0.1) is 13.2 Å². The molecule has 8 rings (SSSR count). The summed E-state index contributed by atoms with van der Waals surface area (Å²) in [6, 6.07) is 30.8. The number of aliphatic hydroxyl groups is 1. The van der Waals surface area contributed by atoms with E-state index >= 15 is 0 Å². The number of ether oxygens (including phenoxy) is 3. The summed E-state index contributed by atoms with van der Waals surface area (Å²) in [4.78, 5) is 46.3. The summed E-state index contributed by atoms with van der Waals surface area (Å²) in [5, 5.41) is 9.65. The maximum absolute atomic E-state index is 12.4. The largest absolute Gasteiger partial charge is 0.462 e. The lowest BCUT2D eigenvalue weighted by Crippen LogP contribution is -2.48. The number of benzene rings is 3. The highest BCUT2D eigenvalue weighted by Crippen LogP contribution is 2.48. The summed E-state index contributed by atoms with van der Waals surface area (Å²) in [7, 11) is 9.18. The van der Waals surface area contributed by atoms with Gasteiger partial charge in [-0.15, -0.1) is 0 Å². The first-order valence-corrected chi connectivity index (χ1v) is 18.8. The van der Waals surface area contributed by atoms with E-state index in [9.17, 15) is 19.5 Å². The standard InChI is InChI=1S/C17H21NO4.C17H21NO.C7H7ClN4O2/c1-18-13-7-11(8-14(18)16-15(13)22-16)21-17(20)12(9-19)10-5-3-2-4-6-10;1-18(2)13-14-19-17(15-9-5-3-6-10-15)16-11-7-4-8-12-16;1-11-4-3(9-6(8)10-4)5(13)12(2)7(11)14/h2-6,11-16,19H,7-9H2,1H3;3-12,17H,13-14H2,1-2H3;1-2H3,(H,9,10)/t11-,12-,13-,14+,15-,16+;;/m1../s1. The Morgan fingerprint density at radius 1 is 0.891 bits per heavy atom. The van der Waals surface area contributed by atoms with Gasteiger partial charge in [-0.05, 0) is 49.4 Å². The Morgan fingerprint density at radius 2 is 1.42 bits per heavy atom. The van der Waals surface area contributed by atoms with Crippen molar-refractivity contribution in [2.45, 2.75) is 55.3 Å². The molecule has 3 aliphatic rings. The van der Waals surface area contributed by atoms with Crippen LogP contribution in [0, 0.1) is 0 Å². The number of carbonyl (C=O) groups excluding carboxylic acids is 1. The first kappa shape index (κ1) is 40.0. The average Bonchev–Trinajstić information content (AvgIpc) is 3.85. The zero-order valence-corrected chi connectivity index (χ0v) is 32.5. The number of morpholine rings is 1. The normalized spacial score (nSPS) is 21.7. The molecule has 3 aliphatic heterocycles. The molecule has 3 aromatic carbocycles. The molecule has 13 nitrogen and oxygen atoms in total. The molecule has 5 aromatic rings. The molecule has 0 radical (unpaired) electrons. The number of fused-ring (bicyclic) bond motifs is 6. The third-order valence-electron chi connectivity index (χ3n) is 10.4. The van der Waals surface area contributed by atoms with Gasteiger partial charge >= 0.3 is 11.7 Å². The van der Waals surface area contributed by atoms with Crippen molar-refractivity contribution in [1.82, 2.24) is 28.9 Å². The lowest BCUT2D eigenvalue weighted by Gasteiger charge is -2.38. The van der Waals surface area contributed by atoms with Gasteiger partial charge in [0.25, 0.3) is 5.56 Å². The van der Waals surface area contributed by atoms with Crippen molar-refractivity contribution >= 4 is 28.7 Å². The maximum atomic E-state index is 12.4. The van der Waals surface area contributed by atoms with Gasteiger partial charge in [-0.1, -0.05) is 91.0 Å². The van der Waals surface area contributed by atoms with E-state index in [2.05, 4.69) is 89.4 Å². The fraction of sp³-hybridized carbons (Fsp3) is 0.415. The summed E-state index contributed by atoms with van der Waals surface area (Å²) in [5.41, 5.74) is 2.85. The van der Waals surface area contributed by atoms with Crippen LogP contribution in [0.5, 0.6) is 0 Å². The first-order chi connectivity index (χ1) is 26.5. The fourth-order valence-corrected chi connectivity index (χ4v) is 7.51. The molecular formula is C41H49ClN6O7. The maximum Gasteiger partial charge on any atom is 0.332 e. The number of aromatic nitrogens is 4. The van der Waals surface area contributed by atoms with Crippen molar-refractivity contribution in [1.29, 1.82) is 0 Å². The molecular weight excluding hydrogens is 724 g/mol. The summed E-state index contributed by atoms with van der Waals surface area (Å²) >= 11 is 5.60. The molecule has 5 heterocycles. The monoisotopic (exact) mass is 772 g/mol. The second-order valence-corrected chi connectivity index (χ2v) is 14.7. The Balaban J connectivity index is 0.000000144. The minimum atomic E-state index is -0.593. The van der Waals surface area contributed by atoms with Gasteiger partial charge in [0.15, 0.2) is 11.2 Å². The molecule has 0 amide bonds. The third kappa shape index (κ3) is 9.26. The summed E-state index contributed by atoms with van der Waals surface area (Å²) < 4.78 is 19.7. The van der Waals surface area contributed by atoms with E-state index in [1.807, 2.05) is 42.5 Å². The quantitative estimate of drug-likeness (QED) is 0.122. The van der Waals surface area contributed by atoms with E-state index < -0.39 is 17.2 Å². The highest BCUT2D eigenvalue weighted by atomic mass is 35.5. The Kier molecular flexibility index (Phi) is 13.0. The number of aromatic amines is 1. The number of halogens is 1. The molecule has 292 valence electrons. The van der Waals surface area contributed by atoms with Crippen molar-refractivity contribution in [2.75, 3.05) is 40.9 Å². The van der Waals surface area contributed by atoms with Crippen LogP contribution in [0.2, 0.25) is 5.28 Å². The zero-order chi connectivity index (χ0) is 39.2. The summed E-state index contributed by atoms with van der Waals surface area (Å²) in [6.07, 6.45) is 2.28. The molecule has 0 unspecified atom stereocenters. The number of H-pyrrole nitrogens is 1. The van der Waals surface area contributed by atoms with Gasteiger partial charge < -0.3 is 29.2 Å². The van der Waals surface area contributed by atoms with Crippen molar-refractivity contribution in [3.63, 3.8) is 0 Å². The zero-order valence-electron chi connectivity index (χ0n) is 31.7. The van der Waals surface area contributed by atoms with Crippen molar-refractivity contribution < 1.29 is 24.1 Å². The molecule has 6 atom stereocenters. The number of esters is 1. The minimum Gasteiger partial charge on any atom is -0.462 e. The van der Waals surface area contributed by atoms with Crippen molar-refractivity contribution in [3.8, 4) is 0 Å². The van der Waals surface area contributed by atoms with Crippen LogP contribution in [-0.2, 0) is 33.1 Å². The van der Waals surface area contributed by atoms with Crippen LogP contribution in [0.3, 0.4) is 0 Å². The number of hydrogen-bond acceptors (Lipinski definition) is 10. The first-order valence-electron chi connectivity index (χ1n) is 18.4. The van der Waals surface area contributed by atoms with Gasteiger partial charge in [0, 0.05) is 45.6 Å². The van der Waals surface area contributed by atoms with E-state index in [0.717, 1.165) is 36.1 Å². The lowest BCUT2D eigenvalue weighted by atomic mass is 9.97. The van der Waals surface area contributed by atoms with Crippen LogP contribution in [0.15, 0.2) is 101 Å². The number of aliphatic hydroxyl groups excluding tert-OH is 1. The van der Waals surface area contributed by atoms with Crippen molar-refractivity contribution in [2.24, 2.45) is 14.1 Å². The van der Waals surface area contributed by atoms with Crippen molar-refractivity contribution in [3.05, 3.63) is 134 Å². The number of epoxide rings is 1. The number of piperidine rings is 1. The molecule has 2 aromatic heterocycles. The van der Waals surface area contributed by atoms with Gasteiger partial charge in [-0.2, -0.15) is 4.98 Å². The molecule has 2 N–H and O–H groups in total. The number of nitrogens with one attached hydrogen (secondary N) is 1. The number of nitrogens with zero attached hydrogens (tertiary/aromatic N) is 5. The van der Waals surface area contributed by atoms with Gasteiger partial charge in [0.1, 0.15) is 30.3 Å². The molecule has 0 aliphatic carbocycles. The topological polar surface area (TPSA) is 147 Å². The third-order valence-corrected chi connectivity index (χ3v) is 10.6. The Hall–Kier alpha value is -4.63. The molecule has 0 spiro atoms. The van der Waals surface area contributed by atoms with Crippen LogP contribution in [0.1, 0.15) is 41.6 Å². The van der Waals surface area contributed by atoms with E-state index in [1.165, 1.54) is 29.8 Å². The van der Waals surface area contributed by atoms with Crippen LogP contribution < -0.4 is 11.2 Å². The average molecular weight is 773 g/mol. The summed E-state index contributed by atoms with van der Waals surface area (Å²) in [6.45, 7) is 1.42. The number of imidazole rings is 1. The smallest absolute Gasteiger partial charge is 0.332 e. The molecule has 55 heavy (non-hydrogen) atoms. The number of likely N-dealkylation sites (N-methyl/N-ethyl adjacent to an activating group) is 2. The predicted octanol–water partition coefficient (Wildman–Crippen LogP) is 3.89. The second kappa shape index (κ2) is 17.9. The molecule has 2 bridgehead atoms. The number of rotatable bonds is 10. The molecule has 3 saturated heterocycles. The van der Waals surface area contributed by atoms with E-state index in [0.29, 0.717) is 24.3 Å². The van der Waals surface area contributed by atoms with E-state index in [-0.39, 0.29) is 41.2 Å². The van der Waals surface area contributed by atoms with E-state index in [1.54, 1.807) is 0 Å². The summed E-state index contributed by atoms with van der Waals surface area (Å²) in [5.74, 6) is -0.915. The highest BCUT2D eigenvalue weighted by molar-refractivity contribution is 6.29. The van der Waals surface area contributed by atoms with Crippen LogP contribution >= 0.6 is 11.6 Å². The molecule has 14 heteroatoms. The van der Waals surface area contributed by atoms with Crippen LogP contribution in [0.4, 0.5) is 0 Å². The second-order valence-electron chi connectivity index (χ2n) is 14.3. The Labute approximate surface area is 325 Å². The molecule has 3 fully saturated rings. The number of carbonyl (C=O) groups is 1. The number of aryl methyl sites for hydroxylation is 1. The minimum absolute atomic E-state index is 0.0161. The Bertz CT molecular complexity index is 2090. The van der Waals surface area contributed by atoms with Crippen LogP contribution in [0.25, 0.3) is 11.2 Å². The number of hydrogen-bond donors (Lipinski definition) is 2. The van der Waals surface area contributed by atoms with E-state index in [4.69, 9.17) is 25.8 Å². The predicted molar refractivity (Wildman–Crippen MR) is 210 cm³/mol. The fourth-order valence-electron chi connectivity index (χ4n) is 7.34. The SMILES string of the molecule is CN(C)CCOC(c1ccccc1)c1ccccc1.CN1[C@@H]2C[C@@H](OC(=O)[C@H](CO)c3ccccc3)C[C@H]1[C@@H]1O[C@@H]12.Cn1c(=O)c2[nH]c(Cl)nc2n(C)c1=O. The lowest BCUT2D eigenvalue weighted by molar-refractivity contribution is -0.156. The van der Waals surface area contributed by atoms with Gasteiger partial charge in [0.2, 0.25) is 5.28 Å². The Morgan fingerprint density at radius 3 is 1.93 bits per heavy atom.